The highest BCUT2D eigenvalue weighted by Gasteiger charge is 2.39. The van der Waals surface area contributed by atoms with Crippen LogP contribution in [0, 0.1) is 0 Å². The van der Waals surface area contributed by atoms with E-state index in [-0.39, 0.29) is 17.7 Å². The fourth-order valence-electron chi connectivity index (χ4n) is 4.54. The number of hydrogen-bond donors (Lipinski definition) is 1. The zero-order valence-corrected chi connectivity index (χ0v) is 17.9. The van der Waals surface area contributed by atoms with Crippen molar-refractivity contribution in [1.82, 2.24) is 4.90 Å². The number of ether oxygens (including phenoxy) is 1. The first-order chi connectivity index (χ1) is 14.2. The normalized spacial score (nSPS) is 24.6. The lowest BCUT2D eigenvalue weighted by Gasteiger charge is -2.31. The summed E-state index contributed by atoms with van der Waals surface area (Å²) in [6.45, 7) is 0. The van der Waals surface area contributed by atoms with Gasteiger partial charge < -0.3 is 9.84 Å². The molecular weight excluding hydrogens is 384 g/mol. The maximum absolute atomic E-state index is 13.4. The fraction of sp³-hybridized carbons (Fsp3) is 0.565. The number of rotatable bonds is 4. The minimum atomic E-state index is 0.0727. The van der Waals surface area contributed by atoms with E-state index in [1.165, 1.54) is 57.4 Å². The molecule has 29 heavy (non-hydrogen) atoms. The number of nitrogens with zero attached hydrogens (tertiary/aromatic N) is 2. The Morgan fingerprint density at radius 3 is 2.48 bits per heavy atom. The molecule has 3 fully saturated rings. The van der Waals surface area contributed by atoms with Gasteiger partial charge in [0.15, 0.2) is 16.7 Å². The van der Waals surface area contributed by atoms with E-state index in [2.05, 4.69) is 0 Å². The van der Waals surface area contributed by atoms with Crippen molar-refractivity contribution in [3.05, 3.63) is 28.7 Å². The summed E-state index contributed by atoms with van der Waals surface area (Å²) in [4.78, 5) is 21.1. The van der Waals surface area contributed by atoms with Crippen molar-refractivity contribution < 1.29 is 14.6 Å². The number of carbonyl (C=O) groups is 1. The van der Waals surface area contributed by atoms with E-state index in [0.717, 1.165) is 36.4 Å². The van der Waals surface area contributed by atoms with Gasteiger partial charge in [0.25, 0.3) is 5.91 Å². The first kappa shape index (κ1) is 20.3. The largest absolute Gasteiger partial charge is 0.504 e. The maximum Gasteiger partial charge on any atom is 0.266 e. The van der Waals surface area contributed by atoms with Crippen LogP contribution in [0.4, 0.5) is 0 Å². The molecule has 0 unspecified atom stereocenters. The summed E-state index contributed by atoms with van der Waals surface area (Å²) in [5.74, 6) is 0.585. The van der Waals surface area contributed by atoms with Gasteiger partial charge in [-0.2, -0.15) is 0 Å². The molecule has 2 aliphatic carbocycles. The molecule has 1 aromatic carbocycles. The molecule has 1 amide bonds. The van der Waals surface area contributed by atoms with E-state index >= 15 is 0 Å². The van der Waals surface area contributed by atoms with Crippen LogP contribution in [0.2, 0.25) is 0 Å². The number of phenols is 1. The van der Waals surface area contributed by atoms with Gasteiger partial charge in [-0.1, -0.05) is 44.6 Å². The topological polar surface area (TPSA) is 62.1 Å². The van der Waals surface area contributed by atoms with Crippen molar-refractivity contribution in [1.29, 1.82) is 0 Å². The average molecular weight is 415 g/mol. The number of phenolic OH excluding ortho intramolecular Hbond substituents is 1. The Bertz CT molecular complexity index is 808. The van der Waals surface area contributed by atoms with Crippen molar-refractivity contribution in [2.24, 2.45) is 4.99 Å². The predicted molar refractivity (Wildman–Crippen MR) is 118 cm³/mol. The molecule has 3 aliphatic rings. The Morgan fingerprint density at radius 1 is 1.10 bits per heavy atom. The number of thioether (sulfide) groups is 1. The molecule has 4 rings (SSSR count). The molecule has 0 radical (unpaired) electrons. The van der Waals surface area contributed by atoms with Crippen LogP contribution in [0.15, 0.2) is 28.1 Å². The summed E-state index contributed by atoms with van der Waals surface area (Å²) in [6.07, 6.45) is 13.7. The van der Waals surface area contributed by atoms with E-state index in [1.807, 2.05) is 11.0 Å². The van der Waals surface area contributed by atoms with Crippen LogP contribution in [0.1, 0.15) is 69.8 Å². The molecule has 156 valence electrons. The van der Waals surface area contributed by atoms with Gasteiger partial charge in [0.05, 0.1) is 18.1 Å². The zero-order chi connectivity index (χ0) is 20.2. The number of hydrogen-bond acceptors (Lipinski definition) is 5. The van der Waals surface area contributed by atoms with Crippen LogP contribution < -0.4 is 4.74 Å². The number of methoxy groups -OCH3 is 1. The van der Waals surface area contributed by atoms with Gasteiger partial charge in [0, 0.05) is 6.04 Å². The van der Waals surface area contributed by atoms with Crippen LogP contribution >= 0.6 is 11.8 Å². The Labute approximate surface area is 177 Å². The summed E-state index contributed by atoms with van der Waals surface area (Å²) in [6, 6.07) is 5.78. The second-order valence-corrected chi connectivity index (χ2v) is 9.22. The molecule has 0 bridgehead atoms. The lowest BCUT2D eigenvalue weighted by atomic mass is 9.94. The average Bonchev–Trinajstić information content (AvgIpc) is 3.05. The molecule has 0 atom stereocenters. The first-order valence-electron chi connectivity index (χ1n) is 10.8. The summed E-state index contributed by atoms with van der Waals surface area (Å²) < 4.78 is 5.21. The van der Waals surface area contributed by atoms with Crippen molar-refractivity contribution >= 4 is 28.9 Å². The molecule has 5 nitrogen and oxygen atoms in total. The number of aromatic hydroxyl groups is 1. The third kappa shape index (κ3) is 4.63. The standard InChI is InChI=1S/C23H30N2O3S/c1-28-20-14-16(12-13-19(20)26)15-21-22(27)25(18-10-6-3-7-11-18)23(29-21)24-17-8-4-2-5-9-17/h12-15,17-18,26H,2-11H2,1H3. The quantitative estimate of drug-likeness (QED) is 0.676. The molecule has 0 spiro atoms. The Kier molecular flexibility index (Phi) is 6.48. The Morgan fingerprint density at radius 2 is 1.79 bits per heavy atom. The minimum Gasteiger partial charge on any atom is -0.504 e. The second-order valence-electron chi connectivity index (χ2n) is 8.21. The molecule has 1 saturated heterocycles. The summed E-state index contributed by atoms with van der Waals surface area (Å²) in [5, 5.41) is 10.7. The van der Waals surface area contributed by atoms with Crippen LogP contribution in [-0.2, 0) is 4.79 Å². The first-order valence-corrected chi connectivity index (χ1v) is 11.7. The number of aliphatic imine (C=N–C) groups is 1. The van der Waals surface area contributed by atoms with Gasteiger partial charge in [-0.15, -0.1) is 0 Å². The van der Waals surface area contributed by atoms with Gasteiger partial charge in [-0.05, 0) is 61.2 Å². The highest BCUT2D eigenvalue weighted by Crippen LogP contribution is 2.39. The SMILES string of the molecule is COc1cc(C=C2SC(=NC3CCCCC3)N(C3CCCCC3)C2=O)ccc1O. The van der Waals surface area contributed by atoms with Crippen LogP contribution in [-0.4, -0.2) is 40.3 Å². The second kappa shape index (κ2) is 9.24. The van der Waals surface area contributed by atoms with Crippen LogP contribution in [0.25, 0.3) is 6.08 Å². The molecular formula is C23H30N2O3S. The predicted octanol–water partition coefficient (Wildman–Crippen LogP) is 5.34. The molecule has 1 aliphatic heterocycles. The van der Waals surface area contributed by atoms with E-state index in [1.54, 1.807) is 18.2 Å². The number of benzene rings is 1. The maximum atomic E-state index is 13.4. The molecule has 0 aromatic heterocycles. The number of amidine groups is 1. The molecule has 2 saturated carbocycles. The molecule has 1 N–H and O–H groups in total. The monoisotopic (exact) mass is 414 g/mol. The minimum absolute atomic E-state index is 0.0727. The lowest BCUT2D eigenvalue weighted by Crippen LogP contribution is -2.41. The van der Waals surface area contributed by atoms with Crippen molar-refractivity contribution in [3.8, 4) is 11.5 Å². The zero-order valence-electron chi connectivity index (χ0n) is 17.1. The Hall–Kier alpha value is -1.95. The summed E-state index contributed by atoms with van der Waals surface area (Å²) >= 11 is 1.51. The third-order valence-electron chi connectivity index (χ3n) is 6.15. The Balaban J connectivity index is 1.63. The molecule has 1 aromatic rings. The lowest BCUT2D eigenvalue weighted by molar-refractivity contribution is -0.124. The van der Waals surface area contributed by atoms with Gasteiger partial charge in [-0.25, -0.2) is 0 Å². The third-order valence-corrected chi connectivity index (χ3v) is 7.14. The van der Waals surface area contributed by atoms with Gasteiger partial charge in [0.1, 0.15) is 0 Å². The molecule has 1 heterocycles. The van der Waals surface area contributed by atoms with E-state index < -0.39 is 0 Å². The highest BCUT2D eigenvalue weighted by atomic mass is 32.2. The molecule has 6 heteroatoms. The summed E-state index contributed by atoms with van der Waals surface area (Å²) in [5.41, 5.74) is 0.845. The van der Waals surface area contributed by atoms with Gasteiger partial charge in [0.2, 0.25) is 0 Å². The number of carbonyl (C=O) groups excluding carboxylic acids is 1. The van der Waals surface area contributed by atoms with Crippen molar-refractivity contribution in [3.63, 3.8) is 0 Å². The van der Waals surface area contributed by atoms with Gasteiger partial charge >= 0.3 is 0 Å². The smallest absolute Gasteiger partial charge is 0.266 e. The van der Waals surface area contributed by atoms with Crippen LogP contribution in [0.3, 0.4) is 0 Å². The fourth-order valence-corrected chi connectivity index (χ4v) is 5.65. The van der Waals surface area contributed by atoms with Crippen molar-refractivity contribution in [2.45, 2.75) is 76.3 Å². The van der Waals surface area contributed by atoms with Crippen LogP contribution in [0.5, 0.6) is 11.5 Å². The van der Waals surface area contributed by atoms with E-state index in [4.69, 9.17) is 9.73 Å². The number of amides is 1. The van der Waals surface area contributed by atoms with E-state index in [0.29, 0.717) is 16.7 Å². The van der Waals surface area contributed by atoms with E-state index in [9.17, 15) is 9.90 Å². The highest BCUT2D eigenvalue weighted by molar-refractivity contribution is 8.18. The van der Waals surface area contributed by atoms with Crippen molar-refractivity contribution in [2.75, 3.05) is 7.11 Å². The van der Waals surface area contributed by atoms with Gasteiger partial charge in [-0.3, -0.25) is 14.7 Å². The summed E-state index contributed by atoms with van der Waals surface area (Å²) in [7, 11) is 1.53.